The second-order valence-corrected chi connectivity index (χ2v) is 8.65. The van der Waals surface area contributed by atoms with E-state index in [-0.39, 0.29) is 5.91 Å². The van der Waals surface area contributed by atoms with Crippen molar-refractivity contribution in [2.75, 3.05) is 45.3 Å². The van der Waals surface area contributed by atoms with Gasteiger partial charge in [0.1, 0.15) is 11.4 Å². The van der Waals surface area contributed by atoms with Crippen molar-refractivity contribution < 1.29 is 14.3 Å². The topological polar surface area (TPSA) is 102 Å². The lowest BCUT2D eigenvalue weighted by molar-refractivity contribution is 0.0443. The Labute approximate surface area is 206 Å². The number of morpholine rings is 1. The van der Waals surface area contributed by atoms with Crippen LogP contribution in [0.2, 0.25) is 0 Å². The smallest absolute Gasteiger partial charge is 0.258 e. The van der Waals surface area contributed by atoms with Gasteiger partial charge in [0.15, 0.2) is 15.6 Å². The molecule has 0 spiro atoms. The Morgan fingerprint density at radius 2 is 2.03 bits per heavy atom. The fourth-order valence-corrected chi connectivity index (χ4v) is 4.47. The average Bonchev–Trinajstić information content (AvgIpc) is 3.30. The van der Waals surface area contributed by atoms with E-state index in [1.54, 1.807) is 31.8 Å². The summed E-state index contributed by atoms with van der Waals surface area (Å²) in [6, 6.07) is 9.17. The van der Waals surface area contributed by atoms with Crippen molar-refractivity contribution in [2.45, 2.75) is 0 Å². The predicted molar refractivity (Wildman–Crippen MR) is 134 cm³/mol. The second kappa shape index (κ2) is 10.6. The summed E-state index contributed by atoms with van der Waals surface area (Å²) in [5.74, 6) is 6.56. The number of aromatic nitrogens is 4. The molecule has 10 heteroatoms. The normalized spacial score (nSPS) is 13.7. The molecule has 1 N–H and O–H groups in total. The quantitative estimate of drug-likeness (QED) is 0.430. The van der Waals surface area contributed by atoms with Gasteiger partial charge in [-0.25, -0.2) is 9.97 Å². The van der Waals surface area contributed by atoms with Gasteiger partial charge in [-0.05, 0) is 18.1 Å². The third-order valence-corrected chi connectivity index (χ3v) is 6.28. The average molecular weight is 487 g/mol. The number of thiazole rings is 1. The zero-order valence-corrected chi connectivity index (χ0v) is 19.8. The Morgan fingerprint density at radius 3 is 2.89 bits per heavy atom. The number of hydrogen-bond acceptors (Lipinski definition) is 9. The van der Waals surface area contributed by atoms with Gasteiger partial charge in [0.05, 0.1) is 38.6 Å². The molecule has 3 aromatic heterocycles. The van der Waals surface area contributed by atoms with E-state index in [0.717, 1.165) is 31.9 Å². The number of benzene rings is 1. The summed E-state index contributed by atoms with van der Waals surface area (Å²) < 4.78 is 10.8. The highest BCUT2D eigenvalue weighted by Gasteiger charge is 2.18. The summed E-state index contributed by atoms with van der Waals surface area (Å²) in [7, 11) is 1.59. The molecule has 35 heavy (non-hydrogen) atoms. The van der Waals surface area contributed by atoms with Gasteiger partial charge in [-0.3, -0.25) is 20.0 Å². The van der Waals surface area contributed by atoms with Gasteiger partial charge in [0, 0.05) is 36.6 Å². The van der Waals surface area contributed by atoms with Crippen LogP contribution in [0.3, 0.4) is 0 Å². The minimum absolute atomic E-state index is 0.308. The largest absolute Gasteiger partial charge is 0.496 e. The number of carbonyl (C=O) groups excluding carboxylic acids is 1. The van der Waals surface area contributed by atoms with E-state index in [4.69, 9.17) is 9.47 Å². The number of fused-ring (bicyclic) bond motifs is 1. The predicted octanol–water partition coefficient (Wildman–Crippen LogP) is 3.09. The first-order valence-electron chi connectivity index (χ1n) is 11.0. The highest BCUT2D eigenvalue weighted by Crippen LogP contribution is 2.32. The van der Waals surface area contributed by atoms with Crippen molar-refractivity contribution in [2.24, 2.45) is 0 Å². The molecule has 0 atom stereocenters. The first-order valence-corrected chi connectivity index (χ1v) is 11.8. The summed E-state index contributed by atoms with van der Waals surface area (Å²) in [5, 5.41) is 3.27. The molecule has 5 rings (SSSR count). The number of nitrogens with one attached hydrogen (secondary N) is 1. The van der Waals surface area contributed by atoms with Gasteiger partial charge in [-0.15, -0.1) is 0 Å². The zero-order valence-electron chi connectivity index (χ0n) is 19.0. The number of pyridine rings is 1. The third kappa shape index (κ3) is 5.27. The number of nitrogens with zero attached hydrogens (tertiary/aromatic N) is 5. The van der Waals surface area contributed by atoms with Crippen LogP contribution in [-0.2, 0) is 4.74 Å². The molecular formula is C25H22N6O3S. The highest BCUT2D eigenvalue weighted by molar-refractivity contribution is 7.21. The van der Waals surface area contributed by atoms with Gasteiger partial charge in [0.2, 0.25) is 0 Å². The monoisotopic (exact) mass is 486 g/mol. The molecule has 1 aliphatic rings. The van der Waals surface area contributed by atoms with Crippen molar-refractivity contribution in [3.05, 3.63) is 60.2 Å². The van der Waals surface area contributed by atoms with Gasteiger partial charge in [-0.1, -0.05) is 35.5 Å². The van der Waals surface area contributed by atoms with Crippen molar-refractivity contribution >= 4 is 32.9 Å². The number of amides is 1. The maximum atomic E-state index is 13.2. The molecule has 0 saturated carbocycles. The number of carbonyl (C=O) groups is 1. The van der Waals surface area contributed by atoms with Crippen LogP contribution >= 0.6 is 11.3 Å². The second-order valence-electron chi connectivity index (χ2n) is 7.67. The number of ether oxygens (including phenoxy) is 2. The first kappa shape index (κ1) is 22.9. The Kier molecular flexibility index (Phi) is 6.90. The Balaban J connectivity index is 1.34. The van der Waals surface area contributed by atoms with E-state index in [9.17, 15) is 4.79 Å². The Morgan fingerprint density at radius 1 is 1.17 bits per heavy atom. The lowest BCUT2D eigenvalue weighted by atomic mass is 10.0. The maximum Gasteiger partial charge on any atom is 0.258 e. The number of anilines is 1. The molecule has 0 bridgehead atoms. The summed E-state index contributed by atoms with van der Waals surface area (Å²) >= 11 is 1.25. The molecule has 1 saturated heterocycles. The Bertz CT molecular complexity index is 1420. The van der Waals surface area contributed by atoms with Crippen LogP contribution in [0.1, 0.15) is 16.1 Å². The fraction of sp³-hybridized carbons (Fsp3) is 0.240. The van der Waals surface area contributed by atoms with E-state index in [0.29, 0.717) is 44.7 Å². The van der Waals surface area contributed by atoms with Gasteiger partial charge < -0.3 is 9.47 Å². The summed E-state index contributed by atoms with van der Waals surface area (Å²) in [4.78, 5) is 33.5. The molecule has 4 heterocycles. The van der Waals surface area contributed by atoms with Crippen molar-refractivity contribution in [1.82, 2.24) is 24.8 Å². The van der Waals surface area contributed by atoms with Crippen LogP contribution in [-0.4, -0.2) is 70.7 Å². The lowest BCUT2D eigenvalue weighted by Crippen LogP contribution is -2.36. The van der Waals surface area contributed by atoms with Crippen LogP contribution in [0.15, 0.2) is 48.9 Å². The van der Waals surface area contributed by atoms with E-state index in [1.165, 1.54) is 11.3 Å². The molecule has 0 aliphatic carbocycles. The summed E-state index contributed by atoms with van der Waals surface area (Å²) in [6.07, 6.45) is 4.83. The van der Waals surface area contributed by atoms with Gasteiger partial charge in [-0.2, -0.15) is 4.98 Å². The molecule has 1 amide bonds. The minimum atomic E-state index is -0.308. The molecular weight excluding hydrogens is 464 g/mol. The third-order valence-electron chi connectivity index (χ3n) is 5.43. The summed E-state index contributed by atoms with van der Waals surface area (Å²) in [5.41, 5.74) is 2.93. The van der Waals surface area contributed by atoms with Crippen molar-refractivity contribution in [3.8, 4) is 28.7 Å². The first-order chi connectivity index (χ1) is 17.2. The van der Waals surface area contributed by atoms with Crippen LogP contribution in [0.25, 0.3) is 21.6 Å². The molecule has 1 aromatic carbocycles. The van der Waals surface area contributed by atoms with Gasteiger partial charge >= 0.3 is 0 Å². The lowest BCUT2D eigenvalue weighted by Gasteiger charge is -2.24. The van der Waals surface area contributed by atoms with Crippen LogP contribution in [0, 0.1) is 11.8 Å². The minimum Gasteiger partial charge on any atom is -0.496 e. The van der Waals surface area contributed by atoms with E-state index < -0.39 is 0 Å². The van der Waals surface area contributed by atoms with Crippen molar-refractivity contribution in [3.63, 3.8) is 0 Å². The molecule has 0 radical (unpaired) electrons. The SMILES string of the molecule is COc1ccccc1-c1cnccc1C(=O)Nc1nc2ncc(C#CCN3CCOCC3)nc2s1. The zero-order chi connectivity index (χ0) is 24.0. The Hall–Kier alpha value is -3.91. The highest BCUT2D eigenvalue weighted by atomic mass is 32.1. The summed E-state index contributed by atoms with van der Waals surface area (Å²) in [6.45, 7) is 3.90. The van der Waals surface area contributed by atoms with Crippen LogP contribution in [0.4, 0.5) is 5.13 Å². The maximum absolute atomic E-state index is 13.2. The van der Waals surface area contributed by atoms with E-state index in [2.05, 4.69) is 42.0 Å². The molecule has 4 aromatic rings. The van der Waals surface area contributed by atoms with Gasteiger partial charge in [0.25, 0.3) is 5.91 Å². The number of para-hydroxylation sites is 1. The molecule has 1 aliphatic heterocycles. The number of hydrogen-bond donors (Lipinski definition) is 1. The molecule has 0 unspecified atom stereocenters. The number of rotatable bonds is 5. The number of methoxy groups -OCH3 is 1. The standard InChI is InChI=1S/C25H22N6O3S/c1-33-21-7-3-2-6-18(21)20-16-26-9-8-19(20)23(32)30-25-29-22-24(35-25)28-17(15-27-22)5-4-10-31-11-13-34-14-12-31/h2-3,6-9,15-16H,10-14H2,1H3,(H,27,29,30,32). The van der Waals surface area contributed by atoms with Crippen LogP contribution < -0.4 is 10.1 Å². The molecule has 1 fully saturated rings. The molecule has 176 valence electrons. The fourth-order valence-electron chi connectivity index (χ4n) is 3.68. The van der Waals surface area contributed by atoms with Crippen molar-refractivity contribution in [1.29, 1.82) is 0 Å². The van der Waals surface area contributed by atoms with Crippen LogP contribution in [0.5, 0.6) is 5.75 Å². The molecule has 9 nitrogen and oxygen atoms in total. The van der Waals surface area contributed by atoms with E-state index >= 15 is 0 Å². The van der Waals surface area contributed by atoms with E-state index in [1.807, 2.05) is 24.3 Å².